The predicted octanol–water partition coefficient (Wildman–Crippen LogP) is 0.947. The van der Waals surface area contributed by atoms with Crippen LogP contribution in [0.15, 0.2) is 29.2 Å². The van der Waals surface area contributed by atoms with Gasteiger partial charge >= 0.3 is 0 Å². The lowest BCUT2D eigenvalue weighted by atomic mass is 10.1. The molecule has 0 radical (unpaired) electrons. The van der Waals surface area contributed by atoms with Crippen molar-refractivity contribution in [3.63, 3.8) is 0 Å². The molecule has 106 valence electrons. The van der Waals surface area contributed by atoms with Crippen LogP contribution >= 0.6 is 0 Å². The fourth-order valence-electron chi connectivity index (χ4n) is 1.41. The Morgan fingerprint density at radius 2 is 1.79 bits per heavy atom. The lowest BCUT2D eigenvalue weighted by Crippen LogP contribution is -2.48. The van der Waals surface area contributed by atoms with E-state index in [1.165, 1.54) is 24.3 Å². The first-order valence-electron chi connectivity index (χ1n) is 6.07. The minimum atomic E-state index is -3.23. The van der Waals surface area contributed by atoms with Crippen LogP contribution in [0.1, 0.15) is 31.1 Å². The van der Waals surface area contributed by atoms with Gasteiger partial charge in [-0.3, -0.25) is 4.79 Å². The molecule has 1 aromatic rings. The molecular formula is C13H20N2O3S. The Hall–Kier alpha value is -1.40. The zero-order valence-corrected chi connectivity index (χ0v) is 12.3. The molecule has 0 aliphatic heterocycles. The van der Waals surface area contributed by atoms with Gasteiger partial charge in [0.05, 0.1) is 10.6 Å². The van der Waals surface area contributed by atoms with Crippen molar-refractivity contribution in [1.82, 2.24) is 5.32 Å². The highest BCUT2D eigenvalue weighted by Gasteiger charge is 2.19. The second kappa shape index (κ2) is 5.71. The molecule has 5 nitrogen and oxygen atoms in total. The van der Waals surface area contributed by atoms with Crippen molar-refractivity contribution in [2.45, 2.75) is 31.2 Å². The van der Waals surface area contributed by atoms with E-state index in [1.54, 1.807) is 6.92 Å². The number of benzene rings is 1. The van der Waals surface area contributed by atoms with Gasteiger partial charge in [0.15, 0.2) is 9.84 Å². The van der Waals surface area contributed by atoms with Crippen molar-refractivity contribution in [1.29, 1.82) is 0 Å². The zero-order valence-electron chi connectivity index (χ0n) is 11.4. The van der Waals surface area contributed by atoms with E-state index in [0.29, 0.717) is 12.1 Å². The molecule has 0 heterocycles. The summed E-state index contributed by atoms with van der Waals surface area (Å²) in [5.74, 6) is -0.227. The summed E-state index contributed by atoms with van der Waals surface area (Å²) >= 11 is 0. The smallest absolute Gasteiger partial charge is 0.251 e. The summed E-state index contributed by atoms with van der Waals surface area (Å²) in [6.45, 7) is 5.54. The van der Waals surface area contributed by atoms with Gasteiger partial charge in [0.25, 0.3) is 5.91 Å². The highest BCUT2D eigenvalue weighted by atomic mass is 32.2. The van der Waals surface area contributed by atoms with Crippen LogP contribution in [0.5, 0.6) is 0 Å². The number of nitrogens with one attached hydrogen (secondary N) is 1. The van der Waals surface area contributed by atoms with Gasteiger partial charge in [-0.05, 0) is 38.1 Å². The second-order valence-corrected chi connectivity index (χ2v) is 7.25. The van der Waals surface area contributed by atoms with Crippen molar-refractivity contribution in [3.05, 3.63) is 29.8 Å². The van der Waals surface area contributed by atoms with E-state index < -0.39 is 15.4 Å². The van der Waals surface area contributed by atoms with E-state index in [0.717, 1.165) is 0 Å². The molecular weight excluding hydrogens is 264 g/mol. The normalized spacial score (nSPS) is 12.2. The summed E-state index contributed by atoms with van der Waals surface area (Å²) in [6.07, 6.45) is 0. The molecule has 1 rings (SSSR count). The molecule has 0 saturated heterocycles. The molecule has 1 aromatic carbocycles. The molecule has 0 fully saturated rings. The zero-order chi connectivity index (χ0) is 14.7. The van der Waals surface area contributed by atoms with Crippen molar-refractivity contribution in [3.8, 4) is 0 Å². The largest absolute Gasteiger partial charge is 0.346 e. The minimum absolute atomic E-state index is 0.0404. The quantitative estimate of drug-likeness (QED) is 0.842. The third kappa shape index (κ3) is 4.04. The lowest BCUT2D eigenvalue weighted by Gasteiger charge is -2.24. The van der Waals surface area contributed by atoms with E-state index in [-0.39, 0.29) is 16.6 Å². The van der Waals surface area contributed by atoms with Gasteiger partial charge in [0, 0.05) is 17.6 Å². The van der Waals surface area contributed by atoms with Crippen molar-refractivity contribution < 1.29 is 13.2 Å². The van der Waals surface area contributed by atoms with Gasteiger partial charge in [-0.25, -0.2) is 8.42 Å². The fraction of sp³-hybridized carbons (Fsp3) is 0.462. The lowest BCUT2D eigenvalue weighted by molar-refractivity contribution is 0.0915. The van der Waals surface area contributed by atoms with Gasteiger partial charge in [0.2, 0.25) is 0 Å². The molecule has 0 aliphatic carbocycles. The Bertz CT molecular complexity index is 548. The summed E-state index contributed by atoms with van der Waals surface area (Å²) < 4.78 is 23.3. The first-order valence-corrected chi connectivity index (χ1v) is 7.72. The number of nitrogens with two attached hydrogens (primary N) is 1. The van der Waals surface area contributed by atoms with E-state index in [1.807, 2.05) is 13.8 Å². The highest BCUT2D eigenvalue weighted by molar-refractivity contribution is 7.91. The van der Waals surface area contributed by atoms with E-state index >= 15 is 0 Å². The minimum Gasteiger partial charge on any atom is -0.346 e. The summed E-state index contributed by atoms with van der Waals surface area (Å²) in [7, 11) is -3.23. The Morgan fingerprint density at radius 3 is 2.21 bits per heavy atom. The monoisotopic (exact) mass is 284 g/mol. The molecule has 0 saturated carbocycles. The average molecular weight is 284 g/mol. The van der Waals surface area contributed by atoms with E-state index in [9.17, 15) is 13.2 Å². The number of sulfone groups is 1. The standard InChI is InChI=1S/C13H20N2O3S/c1-4-19(17,18)11-7-5-10(6-8-11)12(16)15-13(2,3)9-14/h5-8H,4,9,14H2,1-3H3,(H,15,16). The number of hydrogen-bond donors (Lipinski definition) is 2. The van der Waals surface area contributed by atoms with Crippen LogP contribution in [0, 0.1) is 0 Å². The van der Waals surface area contributed by atoms with Crippen molar-refractivity contribution >= 4 is 15.7 Å². The molecule has 0 aromatic heterocycles. The highest BCUT2D eigenvalue weighted by Crippen LogP contribution is 2.13. The maximum absolute atomic E-state index is 11.9. The predicted molar refractivity (Wildman–Crippen MR) is 74.8 cm³/mol. The topological polar surface area (TPSA) is 89.3 Å². The van der Waals surface area contributed by atoms with Crippen molar-refractivity contribution in [2.24, 2.45) is 5.73 Å². The molecule has 0 bridgehead atoms. The summed E-state index contributed by atoms with van der Waals surface area (Å²) in [5.41, 5.74) is 5.46. The number of carbonyl (C=O) groups is 1. The third-order valence-corrected chi connectivity index (χ3v) is 4.57. The van der Waals surface area contributed by atoms with Gasteiger partial charge in [0.1, 0.15) is 0 Å². The summed E-state index contributed by atoms with van der Waals surface area (Å²) in [4.78, 5) is 12.2. The first-order chi connectivity index (χ1) is 8.72. The second-order valence-electron chi connectivity index (χ2n) is 4.97. The number of hydrogen-bond acceptors (Lipinski definition) is 4. The molecule has 0 aliphatic rings. The number of rotatable bonds is 5. The molecule has 1 amide bonds. The fourth-order valence-corrected chi connectivity index (χ4v) is 2.29. The van der Waals surface area contributed by atoms with Crippen molar-refractivity contribution in [2.75, 3.05) is 12.3 Å². The van der Waals surface area contributed by atoms with Crippen LogP contribution in [-0.2, 0) is 9.84 Å². The SMILES string of the molecule is CCS(=O)(=O)c1ccc(C(=O)NC(C)(C)CN)cc1. The molecule has 0 atom stereocenters. The van der Waals surface area contributed by atoms with Crippen LogP contribution < -0.4 is 11.1 Å². The number of carbonyl (C=O) groups excluding carboxylic acids is 1. The average Bonchev–Trinajstić information content (AvgIpc) is 2.38. The van der Waals surface area contributed by atoms with Gasteiger partial charge in [-0.1, -0.05) is 6.92 Å². The Kier molecular flexibility index (Phi) is 4.70. The van der Waals surface area contributed by atoms with Crippen LogP contribution in [0.25, 0.3) is 0 Å². The van der Waals surface area contributed by atoms with Gasteiger partial charge in [-0.2, -0.15) is 0 Å². The van der Waals surface area contributed by atoms with Crippen LogP contribution in [0.4, 0.5) is 0 Å². The summed E-state index contributed by atoms with van der Waals surface area (Å²) in [6, 6.07) is 5.90. The number of amides is 1. The first kappa shape index (κ1) is 15.7. The third-order valence-electron chi connectivity index (χ3n) is 2.82. The van der Waals surface area contributed by atoms with Crippen LogP contribution in [0.2, 0.25) is 0 Å². The Labute approximate surface area is 114 Å². The molecule has 0 unspecified atom stereocenters. The molecule has 19 heavy (non-hydrogen) atoms. The Balaban J connectivity index is 2.91. The molecule has 3 N–H and O–H groups in total. The summed E-state index contributed by atoms with van der Waals surface area (Å²) in [5, 5.41) is 2.78. The van der Waals surface area contributed by atoms with Gasteiger partial charge in [-0.15, -0.1) is 0 Å². The van der Waals surface area contributed by atoms with E-state index in [4.69, 9.17) is 5.73 Å². The Morgan fingerprint density at radius 1 is 1.26 bits per heavy atom. The van der Waals surface area contributed by atoms with Crippen LogP contribution in [-0.4, -0.2) is 32.2 Å². The maximum Gasteiger partial charge on any atom is 0.251 e. The van der Waals surface area contributed by atoms with E-state index in [2.05, 4.69) is 5.32 Å². The molecule has 0 spiro atoms. The van der Waals surface area contributed by atoms with Gasteiger partial charge < -0.3 is 11.1 Å². The maximum atomic E-state index is 11.9. The molecule has 6 heteroatoms. The van der Waals surface area contributed by atoms with Crippen LogP contribution in [0.3, 0.4) is 0 Å².